The van der Waals surface area contributed by atoms with E-state index in [1.807, 2.05) is 29.2 Å². The molecular weight excluding hydrogens is 454 g/mol. The zero-order valence-electron chi connectivity index (χ0n) is 18.7. The van der Waals surface area contributed by atoms with E-state index >= 15 is 0 Å². The molecule has 0 unspecified atom stereocenters. The van der Waals surface area contributed by atoms with Crippen LogP contribution in [0.2, 0.25) is 0 Å². The van der Waals surface area contributed by atoms with E-state index in [0.717, 1.165) is 28.8 Å². The second-order valence-corrected chi connectivity index (χ2v) is 8.95. The van der Waals surface area contributed by atoms with E-state index in [0.29, 0.717) is 36.1 Å². The van der Waals surface area contributed by atoms with Crippen LogP contribution in [-0.2, 0) is 0 Å². The van der Waals surface area contributed by atoms with Crippen LogP contribution in [0.4, 0.5) is 5.95 Å². The van der Waals surface area contributed by atoms with Gasteiger partial charge in [0.25, 0.3) is 11.8 Å². The number of piperidine rings is 1. The number of aromatic nitrogens is 5. The molecule has 5 rings (SSSR count). The third-order valence-corrected chi connectivity index (χ3v) is 6.83. The topological polar surface area (TPSA) is 126 Å². The van der Waals surface area contributed by atoms with Crippen LogP contribution in [-0.4, -0.2) is 62.1 Å². The molecule has 0 radical (unpaired) electrons. The van der Waals surface area contributed by atoms with Crippen molar-refractivity contribution in [3.05, 3.63) is 57.9 Å². The molecular formula is C23H23N7O3S. The lowest BCUT2D eigenvalue weighted by Crippen LogP contribution is -2.38. The molecule has 0 atom stereocenters. The van der Waals surface area contributed by atoms with Crippen molar-refractivity contribution in [3.8, 4) is 5.75 Å². The Morgan fingerprint density at radius 2 is 1.94 bits per heavy atom. The van der Waals surface area contributed by atoms with E-state index in [1.54, 1.807) is 25.5 Å². The Kier molecular flexibility index (Phi) is 5.93. The van der Waals surface area contributed by atoms with Gasteiger partial charge in [0.15, 0.2) is 0 Å². The number of benzene rings is 1. The van der Waals surface area contributed by atoms with Gasteiger partial charge in [0, 0.05) is 35.8 Å². The number of pyridine rings is 1. The summed E-state index contributed by atoms with van der Waals surface area (Å²) in [7, 11) is 1.59. The molecule has 4 aromatic rings. The standard InChI is InChI=1S/C23H23N7O3S/c1-13-24-23(29-28-13)27-20(31)18-12-34-21(26-18)14-7-9-30(10-8-14)22(32)17-11-19(33-2)15-5-3-4-6-16(15)25-17/h3-6,11-12,14H,7-10H2,1-2H3,(H2,24,27,28,29,31). The number of amides is 2. The molecule has 1 aliphatic rings. The Morgan fingerprint density at radius 3 is 2.68 bits per heavy atom. The van der Waals surface area contributed by atoms with Gasteiger partial charge in [-0.15, -0.1) is 16.4 Å². The minimum atomic E-state index is -0.342. The molecule has 0 spiro atoms. The van der Waals surface area contributed by atoms with Crippen LogP contribution < -0.4 is 10.1 Å². The lowest BCUT2D eigenvalue weighted by atomic mass is 9.97. The lowest BCUT2D eigenvalue weighted by Gasteiger charge is -2.31. The SMILES string of the molecule is COc1cc(C(=O)N2CCC(c3nc(C(=O)Nc4n[nH]c(C)n4)cs3)CC2)nc2ccccc12. The van der Waals surface area contributed by atoms with Gasteiger partial charge in [-0.25, -0.2) is 9.97 Å². The molecule has 2 N–H and O–H groups in total. The lowest BCUT2D eigenvalue weighted by molar-refractivity contribution is 0.0707. The second-order valence-electron chi connectivity index (χ2n) is 8.06. The van der Waals surface area contributed by atoms with Crippen LogP contribution in [0.25, 0.3) is 10.9 Å². The van der Waals surface area contributed by atoms with E-state index in [9.17, 15) is 9.59 Å². The first-order valence-corrected chi connectivity index (χ1v) is 11.8. The van der Waals surface area contributed by atoms with Crippen LogP contribution in [0.1, 0.15) is 50.6 Å². The van der Waals surface area contributed by atoms with Gasteiger partial charge in [0.05, 0.1) is 17.6 Å². The average Bonchev–Trinajstić information content (AvgIpc) is 3.52. The molecule has 11 heteroatoms. The van der Waals surface area contributed by atoms with Crippen molar-refractivity contribution in [3.63, 3.8) is 0 Å². The Morgan fingerprint density at radius 1 is 1.15 bits per heavy atom. The fourth-order valence-corrected chi connectivity index (χ4v) is 5.03. The first-order valence-electron chi connectivity index (χ1n) is 10.9. The van der Waals surface area contributed by atoms with Crippen molar-refractivity contribution in [2.45, 2.75) is 25.7 Å². The normalized spacial score (nSPS) is 14.4. The van der Waals surface area contributed by atoms with Gasteiger partial charge in [0.1, 0.15) is 23.0 Å². The Hall–Kier alpha value is -3.86. The van der Waals surface area contributed by atoms with Crippen molar-refractivity contribution < 1.29 is 14.3 Å². The number of hydrogen-bond donors (Lipinski definition) is 2. The molecule has 0 bridgehead atoms. The van der Waals surface area contributed by atoms with Crippen molar-refractivity contribution in [2.75, 3.05) is 25.5 Å². The summed E-state index contributed by atoms with van der Waals surface area (Å²) >= 11 is 1.46. The number of rotatable bonds is 5. The zero-order chi connectivity index (χ0) is 23.7. The summed E-state index contributed by atoms with van der Waals surface area (Å²) in [6, 6.07) is 9.32. The van der Waals surface area contributed by atoms with Gasteiger partial charge < -0.3 is 9.64 Å². The van der Waals surface area contributed by atoms with Crippen LogP contribution in [0.5, 0.6) is 5.75 Å². The van der Waals surface area contributed by atoms with E-state index in [2.05, 4.69) is 30.5 Å². The Labute approximate surface area is 199 Å². The number of ether oxygens (including phenoxy) is 1. The van der Waals surface area contributed by atoms with E-state index in [1.165, 1.54) is 11.3 Å². The summed E-state index contributed by atoms with van der Waals surface area (Å²) in [5, 5.41) is 12.8. The Bertz CT molecular complexity index is 1360. The first kappa shape index (κ1) is 22.0. The highest BCUT2D eigenvalue weighted by molar-refractivity contribution is 7.10. The maximum absolute atomic E-state index is 13.2. The first-order chi connectivity index (χ1) is 16.5. The molecule has 34 heavy (non-hydrogen) atoms. The quantitative estimate of drug-likeness (QED) is 0.451. The van der Waals surface area contributed by atoms with Crippen molar-refractivity contribution in [2.24, 2.45) is 0 Å². The van der Waals surface area contributed by atoms with Crippen molar-refractivity contribution in [1.29, 1.82) is 0 Å². The number of methoxy groups -OCH3 is 1. The van der Waals surface area contributed by atoms with Crippen LogP contribution >= 0.6 is 11.3 Å². The number of thiazole rings is 1. The molecule has 0 aliphatic carbocycles. The number of nitrogens with one attached hydrogen (secondary N) is 2. The fourth-order valence-electron chi connectivity index (χ4n) is 4.06. The number of anilines is 1. The van der Waals surface area contributed by atoms with Gasteiger partial charge in [-0.05, 0) is 31.9 Å². The van der Waals surface area contributed by atoms with Gasteiger partial charge in [0.2, 0.25) is 5.95 Å². The monoisotopic (exact) mass is 477 g/mol. The van der Waals surface area contributed by atoms with Crippen LogP contribution in [0.3, 0.4) is 0 Å². The minimum Gasteiger partial charge on any atom is -0.496 e. The summed E-state index contributed by atoms with van der Waals surface area (Å²) in [4.78, 5) is 40.6. The maximum atomic E-state index is 13.2. The molecule has 4 heterocycles. The molecule has 1 aromatic carbocycles. The average molecular weight is 478 g/mol. The predicted molar refractivity (Wildman–Crippen MR) is 127 cm³/mol. The van der Waals surface area contributed by atoms with E-state index in [-0.39, 0.29) is 23.7 Å². The van der Waals surface area contributed by atoms with Crippen molar-refractivity contribution >= 4 is 40.0 Å². The highest BCUT2D eigenvalue weighted by Crippen LogP contribution is 2.32. The number of carbonyl (C=O) groups is 2. The summed E-state index contributed by atoms with van der Waals surface area (Å²) in [5.41, 5.74) is 1.45. The predicted octanol–water partition coefficient (Wildman–Crippen LogP) is 3.40. The largest absolute Gasteiger partial charge is 0.496 e. The summed E-state index contributed by atoms with van der Waals surface area (Å²) in [5.74, 6) is 1.22. The van der Waals surface area contributed by atoms with Crippen molar-refractivity contribution in [1.82, 2.24) is 30.0 Å². The number of hydrogen-bond acceptors (Lipinski definition) is 8. The number of H-pyrrole nitrogens is 1. The molecule has 174 valence electrons. The molecule has 0 saturated carbocycles. The number of para-hydroxylation sites is 1. The highest BCUT2D eigenvalue weighted by Gasteiger charge is 2.28. The number of fused-ring (bicyclic) bond motifs is 1. The molecule has 1 aliphatic heterocycles. The smallest absolute Gasteiger partial charge is 0.277 e. The zero-order valence-corrected chi connectivity index (χ0v) is 19.6. The minimum absolute atomic E-state index is 0.108. The maximum Gasteiger partial charge on any atom is 0.277 e. The van der Waals surface area contributed by atoms with Crippen LogP contribution in [0, 0.1) is 6.92 Å². The molecule has 3 aromatic heterocycles. The van der Waals surface area contributed by atoms with Crippen LogP contribution in [0.15, 0.2) is 35.7 Å². The van der Waals surface area contributed by atoms with E-state index < -0.39 is 0 Å². The third-order valence-electron chi connectivity index (χ3n) is 5.83. The third kappa shape index (κ3) is 4.34. The summed E-state index contributed by atoms with van der Waals surface area (Å²) in [6.45, 7) is 2.95. The number of likely N-dealkylation sites (tertiary alicyclic amines) is 1. The molecule has 1 saturated heterocycles. The number of aryl methyl sites for hydroxylation is 1. The second kappa shape index (κ2) is 9.18. The van der Waals surface area contributed by atoms with Gasteiger partial charge in [-0.1, -0.05) is 12.1 Å². The number of carbonyl (C=O) groups excluding carboxylic acids is 2. The molecule has 1 fully saturated rings. The van der Waals surface area contributed by atoms with E-state index in [4.69, 9.17) is 4.74 Å². The van der Waals surface area contributed by atoms with Gasteiger partial charge >= 0.3 is 0 Å². The highest BCUT2D eigenvalue weighted by atomic mass is 32.1. The summed E-state index contributed by atoms with van der Waals surface area (Å²) in [6.07, 6.45) is 1.54. The molecule has 2 amide bonds. The van der Waals surface area contributed by atoms with Gasteiger partial charge in [-0.2, -0.15) is 4.98 Å². The Balaban J connectivity index is 1.23. The number of nitrogens with zero attached hydrogens (tertiary/aromatic N) is 5. The fraction of sp³-hybridized carbons (Fsp3) is 0.304. The summed E-state index contributed by atoms with van der Waals surface area (Å²) < 4.78 is 5.48. The number of aromatic amines is 1. The van der Waals surface area contributed by atoms with Gasteiger partial charge in [-0.3, -0.25) is 20.0 Å². The molecule has 10 nitrogen and oxygen atoms in total.